The van der Waals surface area contributed by atoms with E-state index >= 15 is 0 Å². The van der Waals surface area contributed by atoms with Crippen LogP contribution in [0.25, 0.3) is 0 Å². The first-order valence-electron chi connectivity index (χ1n) is 11.2. The molecule has 2 heterocycles. The predicted molar refractivity (Wildman–Crippen MR) is 124 cm³/mol. The summed E-state index contributed by atoms with van der Waals surface area (Å²) in [6.07, 6.45) is 5.92. The van der Waals surface area contributed by atoms with E-state index in [9.17, 15) is 9.59 Å². The van der Waals surface area contributed by atoms with E-state index in [0.29, 0.717) is 30.0 Å². The highest BCUT2D eigenvalue weighted by Crippen LogP contribution is 2.48. The van der Waals surface area contributed by atoms with Crippen LogP contribution in [0.15, 0.2) is 35.5 Å². The van der Waals surface area contributed by atoms with Crippen LogP contribution in [0, 0.1) is 23.2 Å². The van der Waals surface area contributed by atoms with Crippen molar-refractivity contribution in [2.45, 2.75) is 60.2 Å². The average Bonchev–Trinajstić information content (AvgIpc) is 2.77. The Balaban J connectivity index is 1.71. The van der Waals surface area contributed by atoms with Crippen LogP contribution >= 0.6 is 0 Å². The fourth-order valence-electron chi connectivity index (χ4n) is 4.54. The summed E-state index contributed by atoms with van der Waals surface area (Å²) >= 11 is 0. The van der Waals surface area contributed by atoms with E-state index < -0.39 is 5.56 Å². The molecule has 4 atom stereocenters. The molecule has 0 aliphatic heterocycles. The lowest BCUT2D eigenvalue weighted by molar-refractivity contribution is -0.122. The average molecular weight is 442 g/mol. The Kier molecular flexibility index (Phi) is 7.21. The maximum absolute atomic E-state index is 12.9. The lowest BCUT2D eigenvalue weighted by Gasteiger charge is -2.50. The van der Waals surface area contributed by atoms with Gasteiger partial charge >= 0.3 is 5.56 Å². The van der Waals surface area contributed by atoms with Gasteiger partial charge in [-0.05, 0) is 47.3 Å². The van der Waals surface area contributed by atoms with Gasteiger partial charge in [0, 0.05) is 25.0 Å². The molecule has 8 heteroatoms. The van der Waals surface area contributed by atoms with E-state index in [4.69, 9.17) is 4.74 Å². The van der Waals surface area contributed by atoms with E-state index in [-0.39, 0.29) is 29.7 Å². The third kappa shape index (κ3) is 4.95. The minimum atomic E-state index is -0.429. The summed E-state index contributed by atoms with van der Waals surface area (Å²) < 4.78 is 6.55. The highest BCUT2D eigenvalue weighted by Gasteiger charge is 2.43. The van der Waals surface area contributed by atoms with Crippen LogP contribution in [0.5, 0.6) is 5.75 Å². The summed E-state index contributed by atoms with van der Waals surface area (Å²) in [5, 5.41) is 10.5. The van der Waals surface area contributed by atoms with Crippen molar-refractivity contribution in [1.82, 2.24) is 20.1 Å². The lowest BCUT2D eigenvalue weighted by atomic mass is 9.58. The summed E-state index contributed by atoms with van der Waals surface area (Å²) in [4.78, 5) is 29.2. The Labute approximate surface area is 189 Å². The second kappa shape index (κ2) is 9.71. The first-order valence-corrected chi connectivity index (χ1v) is 11.2. The van der Waals surface area contributed by atoms with Gasteiger partial charge in [-0.1, -0.05) is 34.6 Å². The highest BCUT2D eigenvalue weighted by molar-refractivity contribution is 5.75. The number of nitrogens with zero attached hydrogens (tertiary/aromatic N) is 3. The van der Waals surface area contributed by atoms with Crippen LogP contribution in [-0.4, -0.2) is 33.8 Å². The van der Waals surface area contributed by atoms with Crippen molar-refractivity contribution in [2.75, 3.05) is 12.4 Å². The SMILES string of the molecule is COc1c(N[C@@H]2C[C@H](C)C(C)(C)[C@H](C)[C@H]2C)cnn(CC(=O)NCc2ccncc2)c1=O. The molecule has 0 spiro atoms. The summed E-state index contributed by atoms with van der Waals surface area (Å²) in [5.41, 5.74) is 1.33. The van der Waals surface area contributed by atoms with E-state index in [1.54, 1.807) is 18.6 Å². The number of hydrogen-bond acceptors (Lipinski definition) is 6. The molecule has 174 valence electrons. The van der Waals surface area contributed by atoms with Gasteiger partial charge in [0.25, 0.3) is 0 Å². The van der Waals surface area contributed by atoms with E-state index in [2.05, 4.69) is 55.3 Å². The number of anilines is 1. The number of ether oxygens (including phenoxy) is 1. The third-order valence-corrected chi connectivity index (χ3v) is 7.55. The standard InChI is InChI=1S/C24H35N5O3/c1-15-11-19(16(2)17(3)24(15,4)5)28-20-13-27-29(23(31)22(20)32-6)14-21(30)26-12-18-7-9-25-10-8-18/h7-10,13,15-17,19,28H,11-12,14H2,1-6H3,(H,26,30)/t15-,16+,17+,19+/m0/s1. The molecule has 32 heavy (non-hydrogen) atoms. The van der Waals surface area contributed by atoms with E-state index in [1.807, 2.05) is 12.1 Å². The Morgan fingerprint density at radius 2 is 1.94 bits per heavy atom. The van der Waals surface area contributed by atoms with Crippen LogP contribution in [-0.2, 0) is 17.9 Å². The third-order valence-electron chi connectivity index (χ3n) is 7.55. The predicted octanol–water partition coefficient (Wildman–Crippen LogP) is 3.08. The maximum Gasteiger partial charge on any atom is 0.311 e. The molecule has 1 aliphatic rings. The quantitative estimate of drug-likeness (QED) is 0.685. The molecule has 1 aliphatic carbocycles. The minimum absolute atomic E-state index is 0.178. The first-order chi connectivity index (χ1) is 15.1. The maximum atomic E-state index is 12.9. The number of nitrogens with one attached hydrogen (secondary N) is 2. The summed E-state index contributed by atoms with van der Waals surface area (Å²) in [5.74, 6) is 1.36. The van der Waals surface area contributed by atoms with Gasteiger partial charge in [0.15, 0.2) is 0 Å². The number of carbonyl (C=O) groups excluding carboxylic acids is 1. The molecular weight excluding hydrogens is 406 g/mol. The van der Waals surface area contributed by atoms with E-state index in [0.717, 1.165) is 16.7 Å². The Morgan fingerprint density at radius 1 is 1.25 bits per heavy atom. The number of hydrogen-bond donors (Lipinski definition) is 2. The number of rotatable bonds is 7. The zero-order valence-corrected chi connectivity index (χ0v) is 19.9. The van der Waals surface area contributed by atoms with Crippen LogP contribution in [0.1, 0.15) is 46.6 Å². The van der Waals surface area contributed by atoms with Gasteiger partial charge in [-0.15, -0.1) is 0 Å². The molecule has 0 bridgehead atoms. The smallest absolute Gasteiger partial charge is 0.311 e. The summed E-state index contributed by atoms with van der Waals surface area (Å²) in [7, 11) is 1.47. The van der Waals surface area contributed by atoms with Gasteiger partial charge in [0.05, 0.1) is 13.3 Å². The normalized spacial score (nSPS) is 24.6. The molecule has 1 amide bonds. The molecule has 0 unspecified atom stereocenters. The lowest BCUT2D eigenvalue weighted by Crippen LogP contribution is -2.48. The minimum Gasteiger partial charge on any atom is -0.490 e. The molecule has 2 N–H and O–H groups in total. The Bertz CT molecular complexity index is 989. The van der Waals surface area contributed by atoms with Gasteiger partial charge in [0.1, 0.15) is 12.2 Å². The molecule has 1 fully saturated rings. The van der Waals surface area contributed by atoms with Crippen molar-refractivity contribution in [3.63, 3.8) is 0 Å². The van der Waals surface area contributed by atoms with Crippen LogP contribution in [0.4, 0.5) is 5.69 Å². The fraction of sp³-hybridized carbons (Fsp3) is 0.583. The topological polar surface area (TPSA) is 98.1 Å². The summed E-state index contributed by atoms with van der Waals surface area (Å²) in [6, 6.07) is 3.86. The van der Waals surface area contributed by atoms with Gasteiger partial charge in [-0.3, -0.25) is 14.6 Å². The second-order valence-corrected chi connectivity index (χ2v) is 9.54. The van der Waals surface area contributed by atoms with Crippen LogP contribution in [0.3, 0.4) is 0 Å². The van der Waals surface area contributed by atoms with Crippen LogP contribution < -0.4 is 20.9 Å². The van der Waals surface area contributed by atoms with Gasteiger partial charge in [-0.2, -0.15) is 5.10 Å². The number of amides is 1. The molecule has 0 saturated heterocycles. The molecule has 2 aromatic rings. The monoisotopic (exact) mass is 441 g/mol. The zero-order valence-electron chi connectivity index (χ0n) is 19.9. The Hall–Kier alpha value is -2.90. The van der Waals surface area contributed by atoms with Crippen molar-refractivity contribution in [3.8, 4) is 5.75 Å². The van der Waals surface area contributed by atoms with Crippen molar-refractivity contribution in [2.24, 2.45) is 23.2 Å². The van der Waals surface area contributed by atoms with Crippen LogP contribution in [0.2, 0.25) is 0 Å². The second-order valence-electron chi connectivity index (χ2n) is 9.54. The zero-order chi connectivity index (χ0) is 23.5. The number of methoxy groups -OCH3 is 1. The molecule has 0 radical (unpaired) electrons. The number of aromatic nitrogens is 3. The fourth-order valence-corrected chi connectivity index (χ4v) is 4.54. The van der Waals surface area contributed by atoms with Gasteiger partial charge < -0.3 is 15.4 Å². The molecule has 8 nitrogen and oxygen atoms in total. The number of carbonyl (C=O) groups is 1. The summed E-state index contributed by atoms with van der Waals surface area (Å²) in [6.45, 7) is 11.7. The molecule has 0 aromatic carbocycles. The Morgan fingerprint density at radius 3 is 2.59 bits per heavy atom. The molecule has 2 aromatic heterocycles. The largest absolute Gasteiger partial charge is 0.490 e. The van der Waals surface area contributed by atoms with Crippen molar-refractivity contribution < 1.29 is 9.53 Å². The molecule has 1 saturated carbocycles. The van der Waals surface area contributed by atoms with E-state index in [1.165, 1.54) is 7.11 Å². The first kappa shape index (κ1) is 23.8. The van der Waals surface area contributed by atoms with Crippen molar-refractivity contribution in [3.05, 3.63) is 46.6 Å². The van der Waals surface area contributed by atoms with Crippen molar-refractivity contribution >= 4 is 11.6 Å². The molecular formula is C24H35N5O3. The number of pyridine rings is 1. The van der Waals surface area contributed by atoms with Gasteiger partial charge in [-0.25, -0.2) is 4.68 Å². The highest BCUT2D eigenvalue weighted by atomic mass is 16.5. The van der Waals surface area contributed by atoms with Gasteiger partial charge in [0.2, 0.25) is 11.7 Å². The van der Waals surface area contributed by atoms with Crippen molar-refractivity contribution in [1.29, 1.82) is 0 Å². The molecule has 3 rings (SSSR count).